The maximum absolute atomic E-state index is 12.5. The lowest BCUT2D eigenvalue weighted by Gasteiger charge is -2.21. The van der Waals surface area contributed by atoms with Gasteiger partial charge in [-0.25, -0.2) is 0 Å². The summed E-state index contributed by atoms with van der Waals surface area (Å²) in [4.78, 5) is 14.6. The molecule has 0 aliphatic heterocycles. The zero-order chi connectivity index (χ0) is 19.1. The lowest BCUT2D eigenvalue weighted by atomic mass is 10.1. The molecule has 1 atom stereocenters. The predicted molar refractivity (Wildman–Crippen MR) is 111 cm³/mol. The van der Waals surface area contributed by atoms with E-state index in [0.717, 1.165) is 28.8 Å². The van der Waals surface area contributed by atoms with Gasteiger partial charge in [0, 0.05) is 25.8 Å². The minimum Gasteiger partial charge on any atom is -0.481 e. The van der Waals surface area contributed by atoms with E-state index in [1.807, 2.05) is 68.6 Å². The van der Waals surface area contributed by atoms with Gasteiger partial charge in [0.1, 0.15) is 5.75 Å². The molecule has 0 aliphatic rings. The second-order valence-corrected chi connectivity index (χ2v) is 6.57. The molecule has 4 heteroatoms. The second-order valence-electron chi connectivity index (χ2n) is 6.57. The van der Waals surface area contributed by atoms with Gasteiger partial charge in [-0.05, 0) is 41.5 Å². The van der Waals surface area contributed by atoms with Gasteiger partial charge in [-0.2, -0.15) is 0 Å². The van der Waals surface area contributed by atoms with Gasteiger partial charge >= 0.3 is 0 Å². The fourth-order valence-electron chi connectivity index (χ4n) is 3.00. The third kappa shape index (κ3) is 5.00. The van der Waals surface area contributed by atoms with Gasteiger partial charge in [-0.1, -0.05) is 55.5 Å². The lowest BCUT2D eigenvalue weighted by Crippen LogP contribution is -2.41. The Labute approximate surface area is 160 Å². The third-order valence-corrected chi connectivity index (χ3v) is 4.61. The van der Waals surface area contributed by atoms with E-state index in [0.29, 0.717) is 13.0 Å². The average Bonchev–Trinajstić information content (AvgIpc) is 2.72. The van der Waals surface area contributed by atoms with Crippen molar-refractivity contribution in [2.45, 2.75) is 19.4 Å². The predicted octanol–water partition coefficient (Wildman–Crippen LogP) is 4.25. The molecule has 3 rings (SSSR count). The Morgan fingerprint density at radius 3 is 2.44 bits per heavy atom. The minimum absolute atomic E-state index is 0.0767. The van der Waals surface area contributed by atoms with Crippen LogP contribution in [0.15, 0.2) is 72.8 Å². The fourth-order valence-corrected chi connectivity index (χ4v) is 3.00. The summed E-state index contributed by atoms with van der Waals surface area (Å²) in [6.45, 7) is 3.27. The van der Waals surface area contributed by atoms with Crippen LogP contribution in [0.5, 0.6) is 5.75 Å². The third-order valence-electron chi connectivity index (χ3n) is 4.61. The van der Waals surface area contributed by atoms with E-state index in [9.17, 15) is 4.79 Å². The molecule has 0 heterocycles. The van der Waals surface area contributed by atoms with Crippen LogP contribution in [-0.4, -0.2) is 32.1 Å². The number of para-hydroxylation sites is 1. The molecule has 0 unspecified atom stereocenters. The van der Waals surface area contributed by atoms with Crippen molar-refractivity contribution in [3.05, 3.63) is 72.8 Å². The first-order valence-corrected chi connectivity index (χ1v) is 9.36. The van der Waals surface area contributed by atoms with Crippen molar-refractivity contribution in [3.8, 4) is 5.75 Å². The number of fused-ring (bicyclic) bond motifs is 1. The number of nitrogens with one attached hydrogen (secondary N) is 1. The molecule has 0 spiro atoms. The van der Waals surface area contributed by atoms with E-state index in [4.69, 9.17) is 4.74 Å². The highest BCUT2D eigenvalue weighted by Crippen LogP contribution is 2.22. The molecule has 0 fully saturated rings. The fraction of sp³-hybridized carbons (Fsp3) is 0.261. The van der Waals surface area contributed by atoms with Crippen molar-refractivity contribution in [1.82, 2.24) is 5.32 Å². The summed E-state index contributed by atoms with van der Waals surface area (Å²) in [7, 11) is 2.02. The van der Waals surface area contributed by atoms with Crippen molar-refractivity contribution < 1.29 is 9.53 Å². The number of hydrogen-bond acceptors (Lipinski definition) is 3. The van der Waals surface area contributed by atoms with Gasteiger partial charge in [-0.3, -0.25) is 4.79 Å². The van der Waals surface area contributed by atoms with Gasteiger partial charge in [0.2, 0.25) is 0 Å². The summed E-state index contributed by atoms with van der Waals surface area (Å²) in [5, 5.41) is 5.25. The Morgan fingerprint density at radius 2 is 1.70 bits per heavy atom. The number of likely N-dealkylation sites (N-methyl/N-ethyl adjacent to an activating group) is 1. The number of amides is 1. The number of nitrogens with zero attached hydrogens (tertiary/aromatic N) is 1. The van der Waals surface area contributed by atoms with E-state index >= 15 is 0 Å². The Morgan fingerprint density at radius 1 is 1.00 bits per heavy atom. The Balaban J connectivity index is 1.54. The van der Waals surface area contributed by atoms with Crippen LogP contribution in [0.25, 0.3) is 10.8 Å². The van der Waals surface area contributed by atoms with Crippen LogP contribution < -0.4 is 15.0 Å². The summed E-state index contributed by atoms with van der Waals surface area (Å²) in [5.74, 6) is 0.643. The first-order valence-electron chi connectivity index (χ1n) is 9.36. The SMILES string of the molecule is CC[C@@H](Oc1ccc2ccccc2c1)C(=O)NCCN(C)c1ccccc1. The first kappa shape index (κ1) is 18.8. The molecule has 3 aromatic rings. The molecule has 0 saturated heterocycles. The Hall–Kier alpha value is -3.01. The normalized spacial score (nSPS) is 11.8. The molecule has 3 aromatic carbocycles. The molecule has 140 valence electrons. The van der Waals surface area contributed by atoms with Crippen molar-refractivity contribution in [2.75, 3.05) is 25.0 Å². The van der Waals surface area contributed by atoms with Gasteiger partial charge in [0.15, 0.2) is 6.10 Å². The molecule has 0 aromatic heterocycles. The number of hydrogen-bond donors (Lipinski definition) is 1. The van der Waals surface area contributed by atoms with Gasteiger partial charge in [0.05, 0.1) is 0 Å². The van der Waals surface area contributed by atoms with Crippen molar-refractivity contribution in [1.29, 1.82) is 0 Å². The minimum atomic E-state index is -0.492. The molecule has 1 N–H and O–H groups in total. The van der Waals surface area contributed by atoms with Crippen LogP contribution in [0.3, 0.4) is 0 Å². The summed E-state index contributed by atoms with van der Waals surface area (Å²) in [6.07, 6.45) is 0.126. The highest BCUT2D eigenvalue weighted by atomic mass is 16.5. The number of benzene rings is 3. The largest absolute Gasteiger partial charge is 0.481 e. The molecule has 0 aliphatic carbocycles. The Kier molecular flexibility index (Phi) is 6.31. The highest BCUT2D eigenvalue weighted by molar-refractivity contribution is 5.84. The number of ether oxygens (including phenoxy) is 1. The standard InChI is InChI=1S/C23H26N2O2/c1-3-22(27-21-14-13-18-9-7-8-10-19(18)17-21)23(26)24-15-16-25(2)20-11-5-4-6-12-20/h4-14,17,22H,3,15-16H2,1-2H3,(H,24,26)/t22-/m1/s1. The Bertz CT molecular complexity index is 880. The molecule has 0 saturated carbocycles. The molecule has 0 radical (unpaired) electrons. The lowest BCUT2D eigenvalue weighted by molar-refractivity contribution is -0.128. The zero-order valence-electron chi connectivity index (χ0n) is 15.9. The van der Waals surface area contributed by atoms with Crippen LogP contribution in [0.4, 0.5) is 5.69 Å². The summed E-state index contributed by atoms with van der Waals surface area (Å²) in [5.41, 5.74) is 1.13. The molecule has 4 nitrogen and oxygen atoms in total. The van der Waals surface area contributed by atoms with Crippen LogP contribution >= 0.6 is 0 Å². The van der Waals surface area contributed by atoms with Gasteiger partial charge in [0.25, 0.3) is 5.91 Å². The van der Waals surface area contributed by atoms with Crippen molar-refractivity contribution >= 4 is 22.4 Å². The van der Waals surface area contributed by atoms with E-state index in [1.165, 1.54) is 0 Å². The topological polar surface area (TPSA) is 41.6 Å². The van der Waals surface area contributed by atoms with Crippen molar-refractivity contribution in [2.24, 2.45) is 0 Å². The smallest absolute Gasteiger partial charge is 0.261 e. The van der Waals surface area contributed by atoms with E-state index in [-0.39, 0.29) is 5.91 Å². The summed E-state index contributed by atoms with van der Waals surface area (Å²) >= 11 is 0. The number of rotatable bonds is 8. The van der Waals surface area contributed by atoms with Crippen LogP contribution in [0.1, 0.15) is 13.3 Å². The molecule has 1 amide bonds. The maximum Gasteiger partial charge on any atom is 0.261 e. The molecular weight excluding hydrogens is 336 g/mol. The maximum atomic E-state index is 12.5. The first-order chi connectivity index (χ1) is 13.2. The zero-order valence-corrected chi connectivity index (χ0v) is 15.9. The molecule has 0 bridgehead atoms. The van der Waals surface area contributed by atoms with Gasteiger partial charge in [-0.15, -0.1) is 0 Å². The van der Waals surface area contributed by atoms with E-state index < -0.39 is 6.10 Å². The second kappa shape index (κ2) is 9.08. The quantitative estimate of drug-likeness (QED) is 0.651. The van der Waals surface area contributed by atoms with Crippen LogP contribution in [0, 0.1) is 0 Å². The van der Waals surface area contributed by atoms with E-state index in [2.05, 4.69) is 28.4 Å². The highest BCUT2D eigenvalue weighted by Gasteiger charge is 2.18. The summed E-state index contributed by atoms with van der Waals surface area (Å²) < 4.78 is 5.95. The summed E-state index contributed by atoms with van der Waals surface area (Å²) in [6, 6.07) is 24.2. The monoisotopic (exact) mass is 362 g/mol. The number of anilines is 1. The van der Waals surface area contributed by atoms with Crippen LogP contribution in [0.2, 0.25) is 0 Å². The van der Waals surface area contributed by atoms with E-state index in [1.54, 1.807) is 0 Å². The average molecular weight is 362 g/mol. The number of carbonyl (C=O) groups is 1. The molecule has 27 heavy (non-hydrogen) atoms. The van der Waals surface area contributed by atoms with Crippen molar-refractivity contribution in [3.63, 3.8) is 0 Å². The molecular formula is C23H26N2O2. The number of carbonyl (C=O) groups excluding carboxylic acids is 1. The van der Waals surface area contributed by atoms with Crippen LogP contribution in [-0.2, 0) is 4.79 Å². The van der Waals surface area contributed by atoms with Gasteiger partial charge < -0.3 is 15.0 Å².